The molecule has 6 heteroatoms. The Bertz CT molecular complexity index is 659. The number of nitrogens with zero attached hydrogens (tertiary/aromatic N) is 2. The molecule has 0 atom stereocenters. The lowest BCUT2D eigenvalue weighted by Gasteiger charge is -2.09. The molecule has 98 valence electrons. The maximum absolute atomic E-state index is 13.4. The Morgan fingerprint density at radius 3 is 2.74 bits per heavy atom. The fraction of sp³-hybridized carbons (Fsp3) is 0.231. The lowest BCUT2D eigenvalue weighted by atomic mass is 10.2. The number of hydrogen-bond acceptors (Lipinski definition) is 3. The van der Waals surface area contributed by atoms with Gasteiger partial charge in [-0.3, -0.25) is 0 Å². The fourth-order valence-electron chi connectivity index (χ4n) is 1.90. The van der Waals surface area contributed by atoms with Crippen molar-refractivity contribution in [3.8, 4) is 11.4 Å². The van der Waals surface area contributed by atoms with Crippen LogP contribution < -0.4 is 5.73 Å². The summed E-state index contributed by atoms with van der Waals surface area (Å²) < 4.78 is 15.0. The molecule has 1 aliphatic carbocycles. The second kappa shape index (κ2) is 4.97. The molecule has 0 bridgehead atoms. The van der Waals surface area contributed by atoms with Crippen LogP contribution in [0.2, 0.25) is 0 Å². The molecular formula is C13H10BrFIN3. The second-order valence-corrected chi connectivity index (χ2v) is 6.46. The Morgan fingerprint density at radius 2 is 2.05 bits per heavy atom. The highest BCUT2D eigenvalue weighted by Gasteiger charge is 2.29. The molecule has 1 saturated carbocycles. The largest absolute Gasteiger partial charge is 0.383 e. The second-order valence-electron chi connectivity index (χ2n) is 4.53. The van der Waals surface area contributed by atoms with E-state index in [1.54, 1.807) is 6.07 Å². The van der Waals surface area contributed by atoms with E-state index in [0.717, 1.165) is 26.6 Å². The summed E-state index contributed by atoms with van der Waals surface area (Å²) in [5.74, 6) is 1.10. The van der Waals surface area contributed by atoms with Gasteiger partial charge in [-0.25, -0.2) is 14.4 Å². The van der Waals surface area contributed by atoms with E-state index >= 15 is 0 Å². The number of nitrogen functional groups attached to an aromatic ring is 1. The van der Waals surface area contributed by atoms with Crippen molar-refractivity contribution in [2.45, 2.75) is 18.8 Å². The van der Waals surface area contributed by atoms with Crippen LogP contribution in [0.5, 0.6) is 0 Å². The summed E-state index contributed by atoms with van der Waals surface area (Å²) in [6.45, 7) is 0. The number of halogens is 3. The van der Waals surface area contributed by atoms with Crippen LogP contribution in [0.4, 0.5) is 10.2 Å². The molecule has 1 heterocycles. The first kappa shape index (κ1) is 13.2. The number of anilines is 1. The van der Waals surface area contributed by atoms with Gasteiger partial charge in [-0.1, -0.05) is 15.9 Å². The molecule has 0 amide bonds. The van der Waals surface area contributed by atoms with E-state index in [-0.39, 0.29) is 5.82 Å². The summed E-state index contributed by atoms with van der Waals surface area (Å²) in [5.41, 5.74) is 7.56. The van der Waals surface area contributed by atoms with Gasteiger partial charge >= 0.3 is 0 Å². The molecule has 1 aliphatic rings. The lowest BCUT2D eigenvalue weighted by Crippen LogP contribution is -2.04. The Hall–Kier alpha value is -0.760. The van der Waals surface area contributed by atoms with Crippen LogP contribution in [-0.4, -0.2) is 9.97 Å². The van der Waals surface area contributed by atoms with Gasteiger partial charge < -0.3 is 5.73 Å². The van der Waals surface area contributed by atoms with Gasteiger partial charge in [-0.2, -0.15) is 0 Å². The number of benzene rings is 1. The van der Waals surface area contributed by atoms with Crippen LogP contribution in [-0.2, 0) is 0 Å². The number of hydrogen-bond donors (Lipinski definition) is 1. The summed E-state index contributed by atoms with van der Waals surface area (Å²) in [7, 11) is 0. The number of nitrogens with two attached hydrogens (primary N) is 1. The van der Waals surface area contributed by atoms with Gasteiger partial charge in [0.2, 0.25) is 0 Å². The smallest absolute Gasteiger partial charge is 0.163 e. The van der Waals surface area contributed by atoms with Crippen molar-refractivity contribution >= 4 is 44.3 Å². The topological polar surface area (TPSA) is 51.8 Å². The molecule has 0 spiro atoms. The quantitative estimate of drug-likeness (QED) is 0.725. The first-order chi connectivity index (χ1) is 9.06. The first-order valence-electron chi connectivity index (χ1n) is 5.84. The summed E-state index contributed by atoms with van der Waals surface area (Å²) >= 11 is 5.57. The van der Waals surface area contributed by atoms with Crippen LogP contribution in [0, 0.1) is 9.39 Å². The first-order valence-corrected chi connectivity index (χ1v) is 7.72. The highest BCUT2D eigenvalue weighted by molar-refractivity contribution is 14.1. The average Bonchev–Trinajstić information content (AvgIpc) is 3.20. The van der Waals surface area contributed by atoms with E-state index in [2.05, 4.69) is 48.5 Å². The molecule has 3 rings (SSSR count). The third-order valence-electron chi connectivity index (χ3n) is 3.04. The van der Waals surface area contributed by atoms with Gasteiger partial charge in [-0.05, 0) is 53.6 Å². The molecule has 1 fully saturated rings. The zero-order chi connectivity index (χ0) is 13.6. The van der Waals surface area contributed by atoms with Crippen LogP contribution in [0.1, 0.15) is 24.5 Å². The zero-order valence-corrected chi connectivity index (χ0v) is 13.6. The average molecular weight is 434 g/mol. The van der Waals surface area contributed by atoms with Gasteiger partial charge in [0, 0.05) is 16.0 Å². The Balaban J connectivity index is 2.17. The van der Waals surface area contributed by atoms with Gasteiger partial charge in [0.25, 0.3) is 0 Å². The van der Waals surface area contributed by atoms with Gasteiger partial charge in [0.05, 0.1) is 9.26 Å². The van der Waals surface area contributed by atoms with Gasteiger partial charge in [0.1, 0.15) is 11.6 Å². The van der Waals surface area contributed by atoms with E-state index in [4.69, 9.17) is 5.73 Å². The maximum atomic E-state index is 13.4. The highest BCUT2D eigenvalue weighted by atomic mass is 127. The van der Waals surface area contributed by atoms with Crippen molar-refractivity contribution in [1.82, 2.24) is 9.97 Å². The molecule has 3 nitrogen and oxygen atoms in total. The summed E-state index contributed by atoms with van der Waals surface area (Å²) in [6, 6.07) is 4.47. The molecule has 0 unspecified atom stereocenters. The Kier molecular flexibility index (Phi) is 3.46. The summed E-state index contributed by atoms with van der Waals surface area (Å²) in [5, 5.41) is 0. The Labute approximate surface area is 132 Å². The van der Waals surface area contributed by atoms with Crippen molar-refractivity contribution in [3.05, 3.63) is 37.8 Å². The molecular weight excluding hydrogens is 424 g/mol. The molecule has 19 heavy (non-hydrogen) atoms. The Morgan fingerprint density at radius 1 is 1.32 bits per heavy atom. The van der Waals surface area contributed by atoms with E-state index < -0.39 is 0 Å². The van der Waals surface area contributed by atoms with Crippen LogP contribution >= 0.6 is 38.5 Å². The highest BCUT2D eigenvalue weighted by Crippen LogP contribution is 2.42. The summed E-state index contributed by atoms with van der Waals surface area (Å²) in [6.07, 6.45) is 2.27. The van der Waals surface area contributed by atoms with E-state index in [1.165, 1.54) is 12.1 Å². The van der Waals surface area contributed by atoms with Crippen molar-refractivity contribution in [2.24, 2.45) is 0 Å². The normalized spacial score (nSPS) is 14.7. The van der Waals surface area contributed by atoms with E-state index in [0.29, 0.717) is 23.1 Å². The van der Waals surface area contributed by atoms with Crippen LogP contribution in [0.15, 0.2) is 22.7 Å². The minimum atomic E-state index is -0.313. The van der Waals surface area contributed by atoms with Crippen molar-refractivity contribution in [1.29, 1.82) is 0 Å². The zero-order valence-electron chi connectivity index (χ0n) is 9.83. The lowest BCUT2D eigenvalue weighted by molar-refractivity contribution is 0.628. The fourth-order valence-corrected chi connectivity index (χ4v) is 3.00. The minimum Gasteiger partial charge on any atom is -0.383 e. The molecule has 1 aromatic carbocycles. The standard InChI is InChI=1S/C13H10BrFIN3/c14-9-4-3-7(15)5-8(9)13-18-11(6-1-2-6)10(16)12(17)19-13/h3-6H,1-2H2,(H2,17,18,19). The summed E-state index contributed by atoms with van der Waals surface area (Å²) in [4.78, 5) is 8.85. The van der Waals surface area contributed by atoms with Crippen molar-refractivity contribution in [2.75, 3.05) is 5.73 Å². The molecule has 2 N–H and O–H groups in total. The van der Waals surface area contributed by atoms with Crippen molar-refractivity contribution in [3.63, 3.8) is 0 Å². The third kappa shape index (κ3) is 2.60. The number of rotatable bonds is 2. The van der Waals surface area contributed by atoms with Gasteiger partial charge in [-0.15, -0.1) is 0 Å². The number of aromatic nitrogens is 2. The predicted octanol–water partition coefficient (Wildman–Crippen LogP) is 4.11. The van der Waals surface area contributed by atoms with E-state index in [9.17, 15) is 4.39 Å². The molecule has 0 saturated heterocycles. The molecule has 2 aromatic rings. The molecule has 0 aliphatic heterocycles. The maximum Gasteiger partial charge on any atom is 0.163 e. The monoisotopic (exact) mass is 433 g/mol. The SMILES string of the molecule is Nc1nc(-c2cc(F)ccc2Br)nc(C2CC2)c1I. The molecule has 1 aromatic heterocycles. The van der Waals surface area contributed by atoms with Crippen molar-refractivity contribution < 1.29 is 4.39 Å². The third-order valence-corrected chi connectivity index (χ3v) is 4.83. The predicted molar refractivity (Wildman–Crippen MR) is 84.2 cm³/mol. The van der Waals surface area contributed by atoms with E-state index in [1.807, 2.05) is 0 Å². The van der Waals surface area contributed by atoms with Crippen LogP contribution in [0.3, 0.4) is 0 Å². The van der Waals surface area contributed by atoms with Crippen LogP contribution in [0.25, 0.3) is 11.4 Å². The molecule has 0 radical (unpaired) electrons. The minimum absolute atomic E-state index is 0.313. The van der Waals surface area contributed by atoms with Gasteiger partial charge in [0.15, 0.2) is 5.82 Å².